The Morgan fingerprint density at radius 2 is 1.49 bits per heavy atom. The zero-order chi connectivity index (χ0) is 26.1. The first kappa shape index (κ1) is 27.8. The first-order valence-corrected chi connectivity index (χ1v) is 11.9. The van der Waals surface area contributed by atoms with Crippen molar-refractivity contribution in [2.45, 2.75) is 65.1 Å². The van der Waals surface area contributed by atoms with Crippen LogP contribution in [0.2, 0.25) is 0 Å². The minimum atomic E-state index is -1.18. The number of rotatable bonds is 13. The van der Waals surface area contributed by atoms with Gasteiger partial charge < -0.3 is 31.8 Å². The van der Waals surface area contributed by atoms with E-state index in [4.69, 9.17) is 10.8 Å². The Morgan fingerprint density at radius 3 is 2.09 bits per heavy atom. The monoisotopic (exact) mass is 487 g/mol. The van der Waals surface area contributed by atoms with Crippen molar-refractivity contribution < 1.29 is 24.3 Å². The van der Waals surface area contributed by atoms with Crippen LogP contribution in [0, 0.1) is 11.8 Å². The van der Waals surface area contributed by atoms with E-state index in [1.165, 1.54) is 0 Å². The van der Waals surface area contributed by atoms with Gasteiger partial charge in [0.2, 0.25) is 17.7 Å². The van der Waals surface area contributed by atoms with Crippen LogP contribution in [-0.4, -0.2) is 58.5 Å². The number of carbonyl (C=O) groups is 4. The molecule has 3 unspecified atom stereocenters. The van der Waals surface area contributed by atoms with Gasteiger partial charge in [0, 0.05) is 17.1 Å². The number of para-hydroxylation sites is 1. The highest BCUT2D eigenvalue weighted by Gasteiger charge is 2.29. The fraction of sp³-hybridized carbons (Fsp3) is 0.520. The van der Waals surface area contributed by atoms with Gasteiger partial charge in [-0.25, -0.2) is 0 Å². The number of hydrogen-bond acceptors (Lipinski definition) is 5. The molecule has 3 amide bonds. The highest BCUT2D eigenvalue weighted by atomic mass is 16.4. The molecule has 2 aromatic rings. The van der Waals surface area contributed by atoms with Crippen molar-refractivity contribution in [1.29, 1.82) is 0 Å². The molecule has 1 aromatic carbocycles. The number of aromatic nitrogens is 1. The van der Waals surface area contributed by atoms with Crippen molar-refractivity contribution in [3.63, 3.8) is 0 Å². The third-order valence-electron chi connectivity index (χ3n) is 5.55. The van der Waals surface area contributed by atoms with Crippen molar-refractivity contribution in [2.75, 3.05) is 6.54 Å². The maximum absolute atomic E-state index is 13.1. The number of fused-ring (bicyclic) bond motifs is 1. The van der Waals surface area contributed by atoms with Gasteiger partial charge >= 0.3 is 5.97 Å². The normalized spacial score (nSPS) is 13.9. The molecule has 0 fully saturated rings. The second kappa shape index (κ2) is 12.9. The summed E-state index contributed by atoms with van der Waals surface area (Å²) >= 11 is 0. The quantitative estimate of drug-likeness (QED) is 0.249. The number of nitrogens with one attached hydrogen (secondary N) is 4. The number of H-pyrrole nitrogens is 1. The van der Waals surface area contributed by atoms with Gasteiger partial charge in [0.15, 0.2) is 0 Å². The van der Waals surface area contributed by atoms with E-state index in [0.717, 1.165) is 16.5 Å². The van der Waals surface area contributed by atoms with Crippen LogP contribution in [0.1, 0.15) is 46.1 Å². The molecule has 35 heavy (non-hydrogen) atoms. The zero-order valence-corrected chi connectivity index (χ0v) is 20.8. The third-order valence-corrected chi connectivity index (χ3v) is 5.55. The summed E-state index contributed by atoms with van der Waals surface area (Å²) in [5.41, 5.74) is 8.04. The minimum absolute atomic E-state index is 0.0682. The molecule has 0 bridgehead atoms. The van der Waals surface area contributed by atoms with Crippen molar-refractivity contribution in [3.8, 4) is 0 Å². The number of carboxylic acid groups (broad SMARTS) is 1. The molecular formula is C25H37N5O5. The summed E-state index contributed by atoms with van der Waals surface area (Å²) in [6.07, 6.45) is 2.78. The van der Waals surface area contributed by atoms with Gasteiger partial charge in [-0.3, -0.25) is 19.2 Å². The Balaban J connectivity index is 2.08. The molecule has 1 heterocycles. The average Bonchev–Trinajstić information content (AvgIpc) is 3.18. The number of carbonyl (C=O) groups excluding carboxylic acids is 3. The van der Waals surface area contributed by atoms with E-state index in [-0.39, 0.29) is 11.8 Å². The van der Waals surface area contributed by atoms with Crippen LogP contribution in [0.5, 0.6) is 0 Å². The molecule has 0 radical (unpaired) electrons. The summed E-state index contributed by atoms with van der Waals surface area (Å²) in [7, 11) is 0. The van der Waals surface area contributed by atoms with Crippen molar-refractivity contribution in [3.05, 3.63) is 36.0 Å². The van der Waals surface area contributed by atoms with Gasteiger partial charge in [0.1, 0.15) is 18.6 Å². The number of nitrogens with two attached hydrogens (primary N) is 1. The van der Waals surface area contributed by atoms with E-state index in [1.54, 1.807) is 0 Å². The fourth-order valence-corrected chi connectivity index (χ4v) is 3.87. The van der Waals surface area contributed by atoms with Gasteiger partial charge in [-0.05, 0) is 42.7 Å². The van der Waals surface area contributed by atoms with Crippen LogP contribution < -0.4 is 21.7 Å². The summed E-state index contributed by atoms with van der Waals surface area (Å²) in [4.78, 5) is 52.4. The highest BCUT2D eigenvalue weighted by Crippen LogP contribution is 2.19. The Kier molecular flexibility index (Phi) is 10.3. The molecular weight excluding hydrogens is 450 g/mol. The topological polar surface area (TPSA) is 166 Å². The highest BCUT2D eigenvalue weighted by molar-refractivity contribution is 5.94. The SMILES string of the molecule is CC(C)CC(NC(=O)C(N)Cc1c[nH]c2ccccc12)C(=O)NC(CC(C)C)C(=O)NCC(=O)O. The molecule has 10 heteroatoms. The van der Waals surface area contributed by atoms with Gasteiger partial charge in [0.25, 0.3) is 0 Å². The molecule has 7 N–H and O–H groups in total. The van der Waals surface area contributed by atoms with Gasteiger partial charge in [-0.2, -0.15) is 0 Å². The summed E-state index contributed by atoms with van der Waals surface area (Å²) in [6.45, 7) is 7.08. The number of amides is 3. The van der Waals surface area contributed by atoms with Crippen LogP contribution in [0.3, 0.4) is 0 Å². The van der Waals surface area contributed by atoms with E-state index in [9.17, 15) is 19.2 Å². The number of hydrogen-bond donors (Lipinski definition) is 6. The largest absolute Gasteiger partial charge is 0.480 e. The Morgan fingerprint density at radius 1 is 0.914 bits per heavy atom. The predicted octanol–water partition coefficient (Wildman–Crippen LogP) is 1.30. The van der Waals surface area contributed by atoms with Crippen LogP contribution in [0.4, 0.5) is 0 Å². The minimum Gasteiger partial charge on any atom is -0.480 e. The number of carboxylic acids is 1. The molecule has 0 aliphatic rings. The lowest BCUT2D eigenvalue weighted by Crippen LogP contribution is -2.56. The number of aromatic amines is 1. The molecule has 2 rings (SSSR count). The average molecular weight is 488 g/mol. The molecule has 0 saturated carbocycles. The summed E-state index contributed by atoms with van der Waals surface area (Å²) < 4.78 is 0. The second-order valence-electron chi connectivity index (χ2n) is 9.66. The molecule has 3 atom stereocenters. The van der Waals surface area contributed by atoms with Crippen molar-refractivity contribution in [1.82, 2.24) is 20.9 Å². The standard InChI is InChI=1S/C25H37N5O5/c1-14(2)9-20(24(34)28-13-22(31)32)30-25(35)21(10-15(3)4)29-23(33)18(26)11-16-12-27-19-8-6-5-7-17(16)19/h5-8,12,14-15,18,20-21,27H,9-11,13,26H2,1-4H3,(H,28,34)(H,29,33)(H,30,35)(H,31,32). The Bertz CT molecular complexity index is 1030. The number of aliphatic carboxylic acids is 1. The van der Waals surface area contributed by atoms with Crippen LogP contribution in [-0.2, 0) is 25.6 Å². The van der Waals surface area contributed by atoms with E-state index in [2.05, 4.69) is 20.9 Å². The van der Waals surface area contributed by atoms with E-state index in [0.29, 0.717) is 19.3 Å². The molecule has 192 valence electrons. The van der Waals surface area contributed by atoms with E-state index < -0.39 is 48.4 Å². The second-order valence-corrected chi connectivity index (χ2v) is 9.66. The molecule has 1 aromatic heterocycles. The predicted molar refractivity (Wildman–Crippen MR) is 133 cm³/mol. The molecule has 10 nitrogen and oxygen atoms in total. The maximum Gasteiger partial charge on any atom is 0.322 e. The zero-order valence-electron chi connectivity index (χ0n) is 20.8. The molecule has 0 spiro atoms. The molecule has 0 aliphatic carbocycles. The van der Waals surface area contributed by atoms with Crippen molar-refractivity contribution in [2.24, 2.45) is 17.6 Å². The fourth-order valence-electron chi connectivity index (χ4n) is 3.87. The Hall–Kier alpha value is -3.40. The van der Waals surface area contributed by atoms with E-state index >= 15 is 0 Å². The smallest absolute Gasteiger partial charge is 0.322 e. The van der Waals surface area contributed by atoms with Gasteiger partial charge in [0.05, 0.1) is 6.04 Å². The van der Waals surface area contributed by atoms with Crippen LogP contribution in [0.25, 0.3) is 10.9 Å². The first-order chi connectivity index (χ1) is 16.5. The van der Waals surface area contributed by atoms with Gasteiger partial charge in [-0.1, -0.05) is 45.9 Å². The lowest BCUT2D eigenvalue weighted by molar-refractivity contribution is -0.138. The van der Waals surface area contributed by atoms with Gasteiger partial charge in [-0.15, -0.1) is 0 Å². The summed E-state index contributed by atoms with van der Waals surface area (Å²) in [5.74, 6) is -2.59. The summed E-state index contributed by atoms with van der Waals surface area (Å²) in [6, 6.07) is 5.03. The lowest BCUT2D eigenvalue weighted by Gasteiger charge is -2.26. The Labute approximate surface area is 205 Å². The molecule has 0 aliphatic heterocycles. The summed E-state index contributed by atoms with van der Waals surface area (Å²) in [5, 5.41) is 17.6. The van der Waals surface area contributed by atoms with Crippen molar-refractivity contribution >= 4 is 34.6 Å². The van der Waals surface area contributed by atoms with Crippen LogP contribution >= 0.6 is 0 Å². The third kappa shape index (κ3) is 8.71. The molecule has 0 saturated heterocycles. The lowest BCUT2D eigenvalue weighted by atomic mass is 9.99. The van der Waals surface area contributed by atoms with Crippen LogP contribution in [0.15, 0.2) is 30.5 Å². The number of benzene rings is 1. The van der Waals surface area contributed by atoms with E-state index in [1.807, 2.05) is 58.2 Å². The first-order valence-electron chi connectivity index (χ1n) is 11.9. The maximum atomic E-state index is 13.1.